The van der Waals surface area contributed by atoms with Crippen LogP contribution in [0.15, 0.2) is 12.7 Å². The summed E-state index contributed by atoms with van der Waals surface area (Å²) in [7, 11) is 0. The van der Waals surface area contributed by atoms with Crippen LogP contribution >= 0.6 is 0 Å². The molecule has 2 atom stereocenters. The first-order chi connectivity index (χ1) is 5.15. The van der Waals surface area contributed by atoms with Crippen molar-refractivity contribution in [3.8, 4) is 0 Å². The summed E-state index contributed by atoms with van der Waals surface area (Å²) in [5, 5.41) is 17.8. The van der Waals surface area contributed by atoms with Gasteiger partial charge in [-0.05, 0) is 0 Å². The Morgan fingerprint density at radius 2 is 2.27 bits per heavy atom. The quantitative estimate of drug-likeness (QED) is 0.532. The topological polar surface area (TPSA) is 60.8 Å². The largest absolute Gasteiger partial charge is 0.465 e. The summed E-state index contributed by atoms with van der Waals surface area (Å²) >= 11 is 0. The second-order valence-corrected chi connectivity index (χ2v) is 2.65. The Morgan fingerprint density at radius 1 is 1.64 bits per heavy atom. The molecule has 0 aliphatic carbocycles. The number of carboxylic acid groups (broad SMARTS) is 1. The van der Waals surface area contributed by atoms with Crippen LogP contribution in [0, 0.1) is 5.92 Å². The highest BCUT2D eigenvalue weighted by Gasteiger charge is 2.31. The summed E-state index contributed by atoms with van der Waals surface area (Å²) in [5.74, 6) is -0.105. The summed E-state index contributed by atoms with van der Waals surface area (Å²) in [6.45, 7) is 4.07. The van der Waals surface area contributed by atoms with E-state index in [1.165, 1.54) is 4.90 Å². The first-order valence-corrected chi connectivity index (χ1v) is 3.43. The predicted molar refractivity (Wildman–Crippen MR) is 39.3 cm³/mol. The maximum atomic E-state index is 10.4. The minimum Gasteiger partial charge on any atom is -0.465 e. The monoisotopic (exact) mass is 157 g/mol. The number of hydrogen-bond donors (Lipinski definition) is 2. The fourth-order valence-electron chi connectivity index (χ4n) is 1.20. The molecule has 1 saturated heterocycles. The Bertz CT molecular complexity index is 181. The first-order valence-electron chi connectivity index (χ1n) is 3.43. The number of nitrogens with zero attached hydrogens (tertiary/aromatic N) is 1. The molecule has 1 fully saturated rings. The fourth-order valence-corrected chi connectivity index (χ4v) is 1.20. The van der Waals surface area contributed by atoms with Gasteiger partial charge in [0.1, 0.15) is 0 Å². The number of aliphatic hydroxyl groups excluding tert-OH is 1. The molecule has 1 rings (SSSR count). The highest BCUT2D eigenvalue weighted by atomic mass is 16.4. The van der Waals surface area contributed by atoms with Crippen LogP contribution < -0.4 is 0 Å². The predicted octanol–water partition coefficient (Wildman–Crippen LogP) is 0.143. The van der Waals surface area contributed by atoms with E-state index in [-0.39, 0.29) is 12.5 Å². The summed E-state index contributed by atoms with van der Waals surface area (Å²) in [4.78, 5) is 11.6. The molecule has 1 amide bonds. The molecule has 0 unspecified atom stereocenters. The smallest absolute Gasteiger partial charge is 0.407 e. The van der Waals surface area contributed by atoms with E-state index in [2.05, 4.69) is 6.58 Å². The second kappa shape index (κ2) is 2.92. The number of rotatable bonds is 1. The molecule has 0 radical (unpaired) electrons. The van der Waals surface area contributed by atoms with E-state index in [1.807, 2.05) is 0 Å². The Morgan fingerprint density at radius 3 is 2.55 bits per heavy atom. The van der Waals surface area contributed by atoms with E-state index in [9.17, 15) is 9.90 Å². The molecule has 1 aliphatic rings. The minimum atomic E-state index is -0.978. The lowest BCUT2D eigenvalue weighted by Gasteiger charge is -2.08. The Hall–Kier alpha value is -1.03. The molecule has 0 aromatic heterocycles. The second-order valence-electron chi connectivity index (χ2n) is 2.65. The lowest BCUT2D eigenvalue weighted by Crippen LogP contribution is -2.27. The van der Waals surface area contributed by atoms with E-state index in [0.29, 0.717) is 6.54 Å². The van der Waals surface area contributed by atoms with Crippen LogP contribution in [-0.2, 0) is 0 Å². The maximum absolute atomic E-state index is 10.4. The van der Waals surface area contributed by atoms with E-state index in [1.54, 1.807) is 6.08 Å². The van der Waals surface area contributed by atoms with E-state index < -0.39 is 12.2 Å². The van der Waals surface area contributed by atoms with Gasteiger partial charge in [0.15, 0.2) is 0 Å². The molecule has 4 nitrogen and oxygen atoms in total. The number of aliphatic hydroxyl groups is 1. The zero-order valence-electron chi connectivity index (χ0n) is 6.10. The van der Waals surface area contributed by atoms with Crippen molar-refractivity contribution in [2.45, 2.75) is 6.10 Å². The van der Waals surface area contributed by atoms with Crippen molar-refractivity contribution < 1.29 is 15.0 Å². The summed E-state index contributed by atoms with van der Waals surface area (Å²) < 4.78 is 0. The van der Waals surface area contributed by atoms with Crippen molar-refractivity contribution in [2.24, 2.45) is 5.92 Å². The van der Waals surface area contributed by atoms with Crippen LogP contribution in [0.3, 0.4) is 0 Å². The van der Waals surface area contributed by atoms with Gasteiger partial charge in [0, 0.05) is 12.5 Å². The summed E-state index contributed by atoms with van der Waals surface area (Å²) in [5.41, 5.74) is 0. The van der Waals surface area contributed by atoms with E-state index >= 15 is 0 Å². The number of likely N-dealkylation sites (tertiary alicyclic amines) is 1. The van der Waals surface area contributed by atoms with Crippen LogP contribution in [0.5, 0.6) is 0 Å². The SMILES string of the molecule is C=C[C@H]1CN(C(=O)O)C[C@@H]1O. The minimum absolute atomic E-state index is 0.105. The van der Waals surface area contributed by atoms with Crippen molar-refractivity contribution in [1.82, 2.24) is 4.90 Å². The molecular weight excluding hydrogens is 146 g/mol. The lowest BCUT2D eigenvalue weighted by atomic mass is 10.1. The van der Waals surface area contributed by atoms with Gasteiger partial charge in [-0.3, -0.25) is 0 Å². The molecule has 62 valence electrons. The average Bonchev–Trinajstić information content (AvgIpc) is 2.31. The molecule has 2 N–H and O–H groups in total. The molecule has 0 spiro atoms. The third-order valence-electron chi connectivity index (χ3n) is 1.91. The number of carbonyl (C=O) groups is 1. The van der Waals surface area contributed by atoms with Gasteiger partial charge in [0.05, 0.1) is 12.6 Å². The Balaban J connectivity index is 2.56. The molecule has 0 saturated carbocycles. The summed E-state index contributed by atoms with van der Waals surface area (Å²) in [6.07, 6.45) is 0.0325. The van der Waals surface area contributed by atoms with Crippen LogP contribution in [0.4, 0.5) is 4.79 Å². The average molecular weight is 157 g/mol. The highest BCUT2D eigenvalue weighted by molar-refractivity contribution is 5.65. The van der Waals surface area contributed by atoms with Crippen LogP contribution in [0.2, 0.25) is 0 Å². The summed E-state index contributed by atoms with van der Waals surface area (Å²) in [6, 6.07) is 0. The van der Waals surface area contributed by atoms with Gasteiger partial charge in [-0.2, -0.15) is 0 Å². The number of hydrogen-bond acceptors (Lipinski definition) is 2. The van der Waals surface area contributed by atoms with Crippen molar-refractivity contribution in [1.29, 1.82) is 0 Å². The van der Waals surface area contributed by atoms with Gasteiger partial charge in [-0.1, -0.05) is 6.08 Å². The normalized spacial score (nSPS) is 30.5. The van der Waals surface area contributed by atoms with Gasteiger partial charge in [-0.25, -0.2) is 4.79 Å². The number of β-amino-alcohol motifs (C(OH)–C–C–N with tert-alkyl or cyclic N) is 1. The van der Waals surface area contributed by atoms with E-state index in [4.69, 9.17) is 5.11 Å². The zero-order chi connectivity index (χ0) is 8.43. The molecule has 0 aromatic rings. The molecule has 0 bridgehead atoms. The Labute approximate surface area is 64.7 Å². The third-order valence-corrected chi connectivity index (χ3v) is 1.91. The highest BCUT2D eigenvalue weighted by Crippen LogP contribution is 2.17. The van der Waals surface area contributed by atoms with Gasteiger partial charge in [0.25, 0.3) is 0 Å². The first kappa shape index (κ1) is 8.07. The number of amides is 1. The lowest BCUT2D eigenvalue weighted by molar-refractivity contribution is 0.137. The van der Waals surface area contributed by atoms with E-state index in [0.717, 1.165) is 0 Å². The van der Waals surface area contributed by atoms with Gasteiger partial charge >= 0.3 is 6.09 Å². The van der Waals surface area contributed by atoms with Gasteiger partial charge in [-0.15, -0.1) is 6.58 Å². The van der Waals surface area contributed by atoms with Gasteiger partial charge in [0.2, 0.25) is 0 Å². The molecule has 0 aromatic carbocycles. The molecule has 11 heavy (non-hydrogen) atoms. The van der Waals surface area contributed by atoms with Gasteiger partial charge < -0.3 is 15.1 Å². The van der Waals surface area contributed by atoms with Crippen LogP contribution in [0.1, 0.15) is 0 Å². The van der Waals surface area contributed by atoms with Crippen molar-refractivity contribution in [3.63, 3.8) is 0 Å². The molecule has 1 heterocycles. The van der Waals surface area contributed by atoms with Crippen molar-refractivity contribution in [2.75, 3.05) is 13.1 Å². The van der Waals surface area contributed by atoms with Crippen LogP contribution in [0.25, 0.3) is 0 Å². The zero-order valence-corrected chi connectivity index (χ0v) is 6.10. The Kier molecular flexibility index (Phi) is 2.14. The third kappa shape index (κ3) is 1.51. The van der Waals surface area contributed by atoms with Crippen molar-refractivity contribution in [3.05, 3.63) is 12.7 Å². The molecule has 1 aliphatic heterocycles. The molecular formula is C7H11NO3. The standard InChI is InChI=1S/C7H11NO3/c1-2-5-3-8(7(10)11)4-6(5)9/h2,5-6,9H,1,3-4H2,(H,10,11)/t5-,6-/m0/s1. The molecule has 4 heteroatoms. The van der Waals surface area contributed by atoms with Crippen molar-refractivity contribution >= 4 is 6.09 Å². The van der Waals surface area contributed by atoms with Crippen LogP contribution in [-0.4, -0.2) is 40.4 Å². The fraction of sp³-hybridized carbons (Fsp3) is 0.571. The maximum Gasteiger partial charge on any atom is 0.407 e.